The van der Waals surface area contributed by atoms with Crippen LogP contribution in [-0.2, 0) is 0 Å². The summed E-state index contributed by atoms with van der Waals surface area (Å²) in [6.07, 6.45) is 4.53. The van der Waals surface area contributed by atoms with Gasteiger partial charge in [-0.3, -0.25) is 0 Å². The number of carboxylic acids is 1. The molecule has 0 saturated carbocycles. The molecule has 19 heavy (non-hydrogen) atoms. The molecule has 0 fully saturated rings. The van der Waals surface area contributed by atoms with Crippen LogP contribution >= 0.6 is 15.9 Å². The van der Waals surface area contributed by atoms with E-state index >= 15 is 0 Å². The fraction of sp³-hybridized carbons (Fsp3) is 0.533. The number of benzene rings is 1. The number of rotatable bonds is 8. The first-order valence-corrected chi connectivity index (χ1v) is 7.54. The Morgan fingerprint density at radius 2 is 2.16 bits per heavy atom. The highest BCUT2D eigenvalue weighted by Crippen LogP contribution is 2.30. The Kier molecular flexibility index (Phi) is 6.92. The lowest BCUT2D eigenvalue weighted by molar-refractivity contribution is 0.0691. The number of hydrogen-bond acceptors (Lipinski definition) is 2. The topological polar surface area (TPSA) is 46.5 Å². The van der Waals surface area contributed by atoms with Crippen LogP contribution in [0.2, 0.25) is 0 Å². The second-order valence-corrected chi connectivity index (χ2v) is 5.50. The van der Waals surface area contributed by atoms with E-state index in [1.807, 2.05) is 0 Å². The Hall–Kier alpha value is -1.03. The minimum atomic E-state index is -0.960. The molecular formula is C15H21BrO3. The standard InChI is InChI=1S/C15H21BrO3/c1-3-5-7-11(4-2)10-19-14-12(15(17)18)8-6-9-13(14)16/h6,8-9,11H,3-5,7,10H2,1-2H3,(H,17,18). The number of ether oxygens (including phenoxy) is 1. The summed E-state index contributed by atoms with van der Waals surface area (Å²) in [5.74, 6) is -0.0449. The first kappa shape index (κ1) is 16.0. The number of hydrogen-bond donors (Lipinski definition) is 1. The fourth-order valence-corrected chi connectivity index (χ4v) is 2.40. The zero-order valence-electron chi connectivity index (χ0n) is 11.5. The average molecular weight is 329 g/mol. The van der Waals surface area contributed by atoms with Gasteiger partial charge in [-0.1, -0.05) is 39.2 Å². The van der Waals surface area contributed by atoms with Crippen LogP contribution in [0, 0.1) is 5.92 Å². The summed E-state index contributed by atoms with van der Waals surface area (Å²) in [7, 11) is 0. The van der Waals surface area contributed by atoms with E-state index in [9.17, 15) is 4.79 Å². The van der Waals surface area contributed by atoms with Gasteiger partial charge >= 0.3 is 5.97 Å². The van der Waals surface area contributed by atoms with Crippen molar-refractivity contribution >= 4 is 21.9 Å². The van der Waals surface area contributed by atoms with E-state index in [-0.39, 0.29) is 5.56 Å². The molecule has 3 nitrogen and oxygen atoms in total. The molecule has 4 heteroatoms. The van der Waals surface area contributed by atoms with Crippen LogP contribution in [0.25, 0.3) is 0 Å². The van der Waals surface area contributed by atoms with E-state index < -0.39 is 5.97 Å². The highest BCUT2D eigenvalue weighted by Gasteiger charge is 2.16. The van der Waals surface area contributed by atoms with Crippen LogP contribution in [0.5, 0.6) is 5.75 Å². The van der Waals surface area contributed by atoms with Crippen LogP contribution in [-0.4, -0.2) is 17.7 Å². The van der Waals surface area contributed by atoms with Gasteiger partial charge in [0.2, 0.25) is 0 Å². The minimum Gasteiger partial charge on any atom is -0.491 e. The number of para-hydroxylation sites is 1. The molecule has 0 spiro atoms. The van der Waals surface area contributed by atoms with Gasteiger partial charge in [0, 0.05) is 0 Å². The normalized spacial score (nSPS) is 12.2. The second-order valence-electron chi connectivity index (χ2n) is 4.65. The lowest BCUT2D eigenvalue weighted by Crippen LogP contribution is -2.13. The maximum Gasteiger partial charge on any atom is 0.339 e. The molecule has 1 aromatic rings. The van der Waals surface area contributed by atoms with Crippen molar-refractivity contribution in [1.29, 1.82) is 0 Å². The molecule has 1 atom stereocenters. The first-order chi connectivity index (χ1) is 9.10. The van der Waals surface area contributed by atoms with Gasteiger partial charge in [-0.2, -0.15) is 0 Å². The number of unbranched alkanes of at least 4 members (excludes halogenated alkanes) is 1. The summed E-state index contributed by atoms with van der Waals surface area (Å²) in [5.41, 5.74) is 0.208. The van der Waals surface area contributed by atoms with Crippen LogP contribution in [0.1, 0.15) is 49.9 Å². The summed E-state index contributed by atoms with van der Waals surface area (Å²) in [6, 6.07) is 5.07. The van der Waals surface area contributed by atoms with E-state index in [4.69, 9.17) is 9.84 Å². The van der Waals surface area contributed by atoms with Gasteiger partial charge in [-0.15, -0.1) is 0 Å². The van der Waals surface area contributed by atoms with Crippen LogP contribution in [0.4, 0.5) is 0 Å². The highest BCUT2D eigenvalue weighted by molar-refractivity contribution is 9.10. The van der Waals surface area contributed by atoms with E-state index in [2.05, 4.69) is 29.8 Å². The maximum absolute atomic E-state index is 11.2. The number of aromatic carboxylic acids is 1. The first-order valence-electron chi connectivity index (χ1n) is 6.74. The number of halogens is 1. The molecule has 0 bridgehead atoms. The van der Waals surface area contributed by atoms with Crippen molar-refractivity contribution in [1.82, 2.24) is 0 Å². The molecule has 1 rings (SSSR count). The monoisotopic (exact) mass is 328 g/mol. The van der Waals surface area contributed by atoms with Gasteiger partial charge in [-0.05, 0) is 40.4 Å². The van der Waals surface area contributed by atoms with Crippen molar-refractivity contribution in [2.24, 2.45) is 5.92 Å². The zero-order chi connectivity index (χ0) is 14.3. The van der Waals surface area contributed by atoms with Crippen molar-refractivity contribution in [3.8, 4) is 5.75 Å². The Balaban J connectivity index is 2.73. The second kappa shape index (κ2) is 8.20. The SMILES string of the molecule is CCCCC(CC)COc1c(Br)cccc1C(=O)O. The summed E-state index contributed by atoms with van der Waals surface area (Å²) >= 11 is 3.35. The Morgan fingerprint density at radius 3 is 2.74 bits per heavy atom. The zero-order valence-corrected chi connectivity index (χ0v) is 13.1. The molecule has 1 aromatic carbocycles. The third kappa shape index (κ3) is 4.86. The molecule has 0 aromatic heterocycles. The Bertz CT molecular complexity index is 418. The Labute approximate surface area is 123 Å². The van der Waals surface area contributed by atoms with Crippen LogP contribution < -0.4 is 4.74 Å². The number of carbonyl (C=O) groups is 1. The van der Waals surface area contributed by atoms with Crippen LogP contribution in [0.3, 0.4) is 0 Å². The minimum absolute atomic E-state index is 0.208. The molecule has 0 aliphatic rings. The molecular weight excluding hydrogens is 308 g/mol. The third-order valence-electron chi connectivity index (χ3n) is 3.20. The lowest BCUT2D eigenvalue weighted by atomic mass is 10.0. The molecule has 0 amide bonds. The summed E-state index contributed by atoms with van der Waals surface area (Å²) in [6.45, 7) is 4.88. The van der Waals surface area contributed by atoms with E-state index in [0.29, 0.717) is 22.7 Å². The van der Waals surface area contributed by atoms with E-state index in [1.165, 1.54) is 12.8 Å². The molecule has 0 saturated heterocycles. The highest BCUT2D eigenvalue weighted by atomic mass is 79.9. The van der Waals surface area contributed by atoms with Crippen molar-refractivity contribution in [3.05, 3.63) is 28.2 Å². The van der Waals surface area contributed by atoms with E-state index in [0.717, 1.165) is 12.8 Å². The summed E-state index contributed by atoms with van der Waals surface area (Å²) in [5, 5.41) is 9.15. The van der Waals surface area contributed by atoms with Gasteiger partial charge in [-0.25, -0.2) is 4.79 Å². The van der Waals surface area contributed by atoms with Crippen molar-refractivity contribution < 1.29 is 14.6 Å². The van der Waals surface area contributed by atoms with Crippen LogP contribution in [0.15, 0.2) is 22.7 Å². The maximum atomic E-state index is 11.2. The predicted octanol–water partition coefficient (Wildman–Crippen LogP) is 4.74. The molecule has 0 radical (unpaired) electrons. The molecule has 0 heterocycles. The molecule has 1 N–H and O–H groups in total. The quantitative estimate of drug-likeness (QED) is 0.749. The lowest BCUT2D eigenvalue weighted by Gasteiger charge is -2.17. The van der Waals surface area contributed by atoms with Gasteiger partial charge in [0.1, 0.15) is 11.3 Å². The van der Waals surface area contributed by atoms with Crippen molar-refractivity contribution in [2.75, 3.05) is 6.61 Å². The number of carboxylic acid groups (broad SMARTS) is 1. The average Bonchev–Trinajstić information content (AvgIpc) is 2.40. The van der Waals surface area contributed by atoms with Gasteiger partial charge in [0.05, 0.1) is 11.1 Å². The van der Waals surface area contributed by atoms with E-state index in [1.54, 1.807) is 18.2 Å². The molecule has 0 aliphatic heterocycles. The predicted molar refractivity (Wildman–Crippen MR) is 79.9 cm³/mol. The largest absolute Gasteiger partial charge is 0.491 e. The van der Waals surface area contributed by atoms with Gasteiger partial charge < -0.3 is 9.84 Å². The summed E-state index contributed by atoms with van der Waals surface area (Å²) in [4.78, 5) is 11.2. The van der Waals surface area contributed by atoms with Crippen molar-refractivity contribution in [3.63, 3.8) is 0 Å². The molecule has 1 unspecified atom stereocenters. The molecule has 106 valence electrons. The van der Waals surface area contributed by atoms with Gasteiger partial charge in [0.15, 0.2) is 0 Å². The summed E-state index contributed by atoms with van der Waals surface area (Å²) < 4.78 is 6.44. The fourth-order valence-electron chi connectivity index (χ4n) is 1.92. The van der Waals surface area contributed by atoms with Crippen molar-refractivity contribution in [2.45, 2.75) is 39.5 Å². The smallest absolute Gasteiger partial charge is 0.339 e. The Morgan fingerprint density at radius 1 is 1.42 bits per heavy atom. The third-order valence-corrected chi connectivity index (χ3v) is 3.83. The molecule has 0 aliphatic carbocycles. The van der Waals surface area contributed by atoms with Gasteiger partial charge in [0.25, 0.3) is 0 Å².